The fraction of sp³-hybridized carbons (Fsp3) is 0.463. The van der Waals surface area contributed by atoms with Gasteiger partial charge in [0.25, 0.3) is 0 Å². The number of amides is 3. The van der Waals surface area contributed by atoms with Crippen LogP contribution < -0.4 is 19.7 Å². The second-order valence-corrected chi connectivity index (χ2v) is 26.1. The number of hydrogen-bond donors (Lipinski definition) is 3. The Morgan fingerprint density at radius 1 is 0.878 bits per heavy atom. The Balaban J connectivity index is 0.797. The fourth-order valence-electron chi connectivity index (χ4n) is 13.4. The van der Waals surface area contributed by atoms with Crippen LogP contribution in [0.15, 0.2) is 85.6 Å². The molecular formula is C67H76FN13O9. The van der Waals surface area contributed by atoms with Crippen LogP contribution in [0.25, 0.3) is 55.3 Å². The van der Waals surface area contributed by atoms with E-state index >= 15 is 4.39 Å². The topological polar surface area (TPSA) is 250 Å². The molecule has 5 aliphatic rings. The van der Waals surface area contributed by atoms with Crippen LogP contribution in [0.2, 0.25) is 0 Å². The first-order valence-corrected chi connectivity index (χ1v) is 31.2. The lowest BCUT2D eigenvalue weighted by Crippen LogP contribution is -2.50. The molecular weight excluding hydrogens is 1150 g/mol. The van der Waals surface area contributed by atoms with E-state index in [4.69, 9.17) is 28.9 Å². The van der Waals surface area contributed by atoms with E-state index in [0.29, 0.717) is 84.1 Å². The van der Waals surface area contributed by atoms with E-state index in [1.54, 1.807) is 24.0 Å². The molecule has 3 N–H and O–H groups in total. The predicted molar refractivity (Wildman–Crippen MR) is 333 cm³/mol. The van der Waals surface area contributed by atoms with Crippen LogP contribution >= 0.6 is 0 Å². The number of halogens is 1. The van der Waals surface area contributed by atoms with Crippen molar-refractivity contribution in [3.8, 4) is 45.3 Å². The van der Waals surface area contributed by atoms with E-state index in [-0.39, 0.29) is 61.7 Å². The third kappa shape index (κ3) is 11.9. The summed E-state index contributed by atoms with van der Waals surface area (Å²) in [5, 5.41) is 39.6. The number of carbonyl (C=O) groups is 3. The van der Waals surface area contributed by atoms with Crippen molar-refractivity contribution < 1.29 is 47.9 Å². The van der Waals surface area contributed by atoms with Crippen LogP contribution in [-0.4, -0.2) is 158 Å². The van der Waals surface area contributed by atoms with Crippen molar-refractivity contribution >= 4 is 45.5 Å². The maximum Gasteiger partial charge on any atom is 0.410 e. The number of aromatic nitrogens is 9. The van der Waals surface area contributed by atoms with Crippen molar-refractivity contribution in [1.82, 2.24) is 59.8 Å². The van der Waals surface area contributed by atoms with Crippen LogP contribution in [0.5, 0.6) is 11.8 Å². The zero-order valence-corrected chi connectivity index (χ0v) is 52.0. The number of benzene rings is 4. The maximum absolute atomic E-state index is 16.4. The Hall–Kier alpha value is -8.67. The second kappa shape index (κ2) is 24.3. The Labute approximate surface area is 520 Å². The molecule has 0 radical (unpaired) electrons. The summed E-state index contributed by atoms with van der Waals surface area (Å²) in [6.45, 7) is 14.8. The van der Waals surface area contributed by atoms with Crippen LogP contribution in [-0.2, 0) is 32.7 Å². The molecule has 1 aliphatic carbocycles. The number of carbonyl (C=O) groups excluding carboxylic acids is 3. The molecule has 13 rings (SSSR count). The van der Waals surface area contributed by atoms with Gasteiger partial charge in [-0.3, -0.25) is 14.3 Å². The van der Waals surface area contributed by atoms with E-state index < -0.39 is 54.1 Å². The molecule has 5 fully saturated rings. The van der Waals surface area contributed by atoms with Crippen molar-refractivity contribution in [3.63, 3.8) is 0 Å². The number of anilines is 1. The molecule has 4 aromatic carbocycles. The molecule has 3 amide bonds. The molecule has 0 unspecified atom stereocenters. The highest BCUT2D eigenvalue weighted by molar-refractivity contribution is 6.06. The number of nitrogens with zero attached hydrogens (tertiary/aromatic N) is 12. The van der Waals surface area contributed by atoms with Gasteiger partial charge >= 0.3 is 12.1 Å². The number of aliphatic hydroxyl groups is 2. The largest absolute Gasteiger partial charge is 0.486 e. The average Bonchev–Trinajstić information content (AvgIpc) is 1.39. The summed E-state index contributed by atoms with van der Waals surface area (Å²) in [5.74, 6) is -0.299. The van der Waals surface area contributed by atoms with E-state index in [1.807, 2.05) is 108 Å². The van der Waals surface area contributed by atoms with Gasteiger partial charge in [-0.1, -0.05) is 67.6 Å². The first kappa shape index (κ1) is 60.3. The summed E-state index contributed by atoms with van der Waals surface area (Å²) < 4.78 is 45.2. The number of rotatable bonds is 17. The molecule has 0 spiro atoms. The molecule has 90 heavy (non-hydrogen) atoms. The fourth-order valence-corrected chi connectivity index (χ4v) is 13.4. The Kier molecular flexibility index (Phi) is 16.2. The smallest absolute Gasteiger partial charge is 0.410 e. The van der Waals surface area contributed by atoms with Crippen LogP contribution in [0, 0.1) is 25.6 Å². The third-order valence-electron chi connectivity index (χ3n) is 18.1. The molecule has 8 aromatic rings. The highest BCUT2D eigenvalue weighted by atomic mass is 19.1. The molecule has 6 atom stereocenters. The van der Waals surface area contributed by atoms with Gasteiger partial charge in [0.15, 0.2) is 5.75 Å². The zero-order valence-electron chi connectivity index (χ0n) is 52.0. The minimum Gasteiger partial charge on any atom is -0.486 e. The summed E-state index contributed by atoms with van der Waals surface area (Å²) in [6.07, 6.45) is 9.33. The summed E-state index contributed by atoms with van der Waals surface area (Å²) in [4.78, 5) is 66.8. The number of nitrogens with one attached hydrogen (secondary N) is 1. The number of aryl methyl sites for hydroxylation is 2. The van der Waals surface area contributed by atoms with Crippen molar-refractivity contribution in [1.29, 1.82) is 0 Å². The molecule has 4 saturated heterocycles. The van der Waals surface area contributed by atoms with Crippen LogP contribution in [0.1, 0.15) is 119 Å². The summed E-state index contributed by atoms with van der Waals surface area (Å²) in [5.41, 5.74) is 8.51. The van der Waals surface area contributed by atoms with E-state index in [0.717, 1.165) is 69.1 Å². The molecule has 4 aromatic heterocycles. The number of ether oxygens (including phenoxy) is 4. The molecule has 1 saturated carbocycles. The Morgan fingerprint density at radius 3 is 2.32 bits per heavy atom. The van der Waals surface area contributed by atoms with Gasteiger partial charge in [-0.25, -0.2) is 23.8 Å². The number of likely N-dealkylation sites (tertiary alicyclic amines) is 2. The van der Waals surface area contributed by atoms with Crippen molar-refractivity contribution in [2.75, 3.05) is 44.4 Å². The van der Waals surface area contributed by atoms with Gasteiger partial charge in [0.1, 0.15) is 59.6 Å². The van der Waals surface area contributed by atoms with Crippen molar-refractivity contribution in [2.45, 2.75) is 148 Å². The molecule has 23 heteroatoms. The highest BCUT2D eigenvalue weighted by Crippen LogP contribution is 2.54. The Bertz CT molecular complexity index is 4030. The standard InChI is InChI=1S/C67H76FN13O9/c1-36(2)60(64(85)80-30-46(83)24-56(80)63(84)71-55(33-82)43-17-15-41(16-18-43)50-27-69-35-70-38(50)4)81-32-54(74-76-81)42-11-9-39(10-12-42)34-88-61-58(57-37(3)52(68)26-53-51(57)31-77(8)75-53)48(40-13-14-40)25-49-59(61)72-65(89-47-19-21-87-22-20-47)73-62(49)78-28-45-23-44(78)29-79(45)66(86)90-67(5,6)7/h9-12,15-18,25-27,31-32,35-36,40,44-47,55-56,60,82-83H,13-14,19-24,28-30,33-34H2,1-8H3,(H,71,84)/t44-,45-,46+,55-,56-,60-/m0/s1. The lowest BCUT2D eigenvalue weighted by molar-refractivity contribution is -0.142. The maximum atomic E-state index is 16.4. The van der Waals surface area contributed by atoms with Gasteiger partial charge in [-0.05, 0) is 99.6 Å². The Morgan fingerprint density at radius 2 is 1.63 bits per heavy atom. The first-order chi connectivity index (χ1) is 43.3. The van der Waals surface area contributed by atoms with Gasteiger partial charge in [-0.2, -0.15) is 15.1 Å². The van der Waals surface area contributed by atoms with Gasteiger partial charge < -0.3 is 49.2 Å². The van der Waals surface area contributed by atoms with Gasteiger partial charge in [0.2, 0.25) is 11.8 Å². The number of hydrogen-bond acceptors (Lipinski definition) is 17. The highest BCUT2D eigenvalue weighted by Gasteiger charge is 2.49. The lowest BCUT2D eigenvalue weighted by atomic mass is 9.88. The van der Waals surface area contributed by atoms with E-state index in [2.05, 4.69) is 41.7 Å². The SMILES string of the molecule is Cc1ncncc1-c1ccc([C@H](CO)NC(=O)[C@@H]2C[C@@H](O)CN2C(=O)[C@H](C(C)C)n2cc(-c3ccc(COc4c(-c5c(C)c(F)cc6nn(C)cc56)c(C5CC5)cc5c(N6C[C@@H]7C[C@H]6CN7C(=O)OC(C)(C)C)nc(OC6CCOCC6)nc45)cc3)nn2)cc1. The minimum absolute atomic E-state index is 0.0195. The van der Waals surface area contributed by atoms with E-state index in [9.17, 15) is 24.6 Å². The molecule has 8 heterocycles. The van der Waals surface area contributed by atoms with E-state index in [1.165, 1.54) is 22.0 Å². The molecule has 470 valence electrons. The lowest BCUT2D eigenvalue weighted by Gasteiger charge is -2.36. The molecule has 2 bridgehead atoms. The molecule has 22 nitrogen and oxygen atoms in total. The summed E-state index contributed by atoms with van der Waals surface area (Å²) >= 11 is 0. The average molecular weight is 1230 g/mol. The summed E-state index contributed by atoms with van der Waals surface area (Å²) in [6, 6.07) is 16.1. The van der Waals surface area contributed by atoms with Crippen LogP contribution in [0.4, 0.5) is 15.0 Å². The number of piperazine rings is 1. The minimum atomic E-state index is -1.01. The normalized spacial score (nSPS) is 20.2. The first-order valence-electron chi connectivity index (χ1n) is 31.2. The van der Waals surface area contributed by atoms with Gasteiger partial charge in [-0.15, -0.1) is 5.10 Å². The van der Waals surface area contributed by atoms with Gasteiger partial charge in [0, 0.05) is 103 Å². The third-order valence-corrected chi connectivity index (χ3v) is 18.1. The summed E-state index contributed by atoms with van der Waals surface area (Å²) in [7, 11) is 1.83. The predicted octanol–water partition coefficient (Wildman–Crippen LogP) is 8.88. The van der Waals surface area contributed by atoms with Crippen LogP contribution in [0.3, 0.4) is 0 Å². The second-order valence-electron chi connectivity index (χ2n) is 26.1. The molecule has 4 aliphatic heterocycles. The number of fused-ring (bicyclic) bond motifs is 4. The monoisotopic (exact) mass is 1230 g/mol. The zero-order chi connectivity index (χ0) is 62.9. The number of β-amino-alcohol motifs (C(OH)–C–C–N with tert-alkyl or cyclic N) is 1. The van der Waals surface area contributed by atoms with Crippen molar-refractivity contribution in [2.24, 2.45) is 13.0 Å². The van der Waals surface area contributed by atoms with Gasteiger partial charge in [0.05, 0.1) is 55.8 Å². The number of aliphatic hydroxyl groups excluding tert-OH is 2. The quantitative estimate of drug-likeness (QED) is 0.0770. The van der Waals surface area contributed by atoms with Crippen molar-refractivity contribution in [3.05, 3.63) is 119 Å².